The van der Waals surface area contributed by atoms with Crippen LogP contribution in [0, 0.1) is 18.3 Å². The van der Waals surface area contributed by atoms with Gasteiger partial charge in [0.2, 0.25) is 0 Å². The highest BCUT2D eigenvalue weighted by atomic mass is 19.4. The molecular formula is C15H11F3N2O. The minimum Gasteiger partial charge on any atom is -0.406 e. The van der Waals surface area contributed by atoms with Gasteiger partial charge in [0, 0.05) is 11.8 Å². The van der Waals surface area contributed by atoms with Gasteiger partial charge in [0.05, 0.1) is 11.3 Å². The Hall–Kier alpha value is -2.68. The van der Waals surface area contributed by atoms with Crippen molar-refractivity contribution in [2.24, 2.45) is 0 Å². The topological polar surface area (TPSA) is 45.0 Å². The van der Waals surface area contributed by atoms with Gasteiger partial charge in [-0.05, 0) is 36.8 Å². The van der Waals surface area contributed by atoms with Crippen LogP contribution >= 0.6 is 0 Å². The largest absolute Gasteiger partial charge is 0.573 e. The van der Waals surface area contributed by atoms with Crippen LogP contribution in [0.25, 0.3) is 0 Å². The number of nitrogens with one attached hydrogen (secondary N) is 1. The number of hydrogen-bond acceptors (Lipinski definition) is 3. The van der Waals surface area contributed by atoms with Crippen molar-refractivity contribution >= 4 is 11.4 Å². The molecule has 0 aliphatic rings. The van der Waals surface area contributed by atoms with Crippen molar-refractivity contribution < 1.29 is 17.9 Å². The van der Waals surface area contributed by atoms with Crippen LogP contribution in [0.2, 0.25) is 0 Å². The van der Waals surface area contributed by atoms with E-state index in [1.807, 2.05) is 13.0 Å². The summed E-state index contributed by atoms with van der Waals surface area (Å²) in [6, 6.07) is 12.7. The summed E-state index contributed by atoms with van der Waals surface area (Å²) in [6.07, 6.45) is -4.74. The summed E-state index contributed by atoms with van der Waals surface area (Å²) in [7, 11) is 0. The van der Waals surface area contributed by atoms with Crippen LogP contribution in [0.4, 0.5) is 24.5 Å². The molecule has 3 nitrogen and oxygen atoms in total. The molecule has 0 atom stereocenters. The number of halogens is 3. The summed E-state index contributed by atoms with van der Waals surface area (Å²) < 4.78 is 40.4. The normalized spacial score (nSPS) is 10.8. The molecule has 0 fully saturated rings. The summed E-state index contributed by atoms with van der Waals surface area (Å²) in [5.41, 5.74) is 2.27. The van der Waals surface area contributed by atoms with Gasteiger partial charge in [-0.3, -0.25) is 0 Å². The van der Waals surface area contributed by atoms with Crippen LogP contribution in [0.3, 0.4) is 0 Å². The quantitative estimate of drug-likeness (QED) is 0.905. The number of nitriles is 1. The van der Waals surface area contributed by atoms with Crippen molar-refractivity contribution in [1.29, 1.82) is 5.26 Å². The third-order valence-electron chi connectivity index (χ3n) is 2.64. The molecule has 0 bridgehead atoms. The van der Waals surface area contributed by atoms with Gasteiger partial charge in [0.25, 0.3) is 0 Å². The Kier molecular flexibility index (Phi) is 4.03. The average Bonchev–Trinajstić information content (AvgIpc) is 2.37. The predicted octanol–water partition coefficient (Wildman–Crippen LogP) is 4.51. The highest BCUT2D eigenvalue weighted by molar-refractivity contribution is 5.68. The van der Waals surface area contributed by atoms with E-state index in [1.165, 1.54) is 18.2 Å². The van der Waals surface area contributed by atoms with Crippen molar-refractivity contribution in [3.63, 3.8) is 0 Å². The Morgan fingerprint density at radius 2 is 1.90 bits per heavy atom. The van der Waals surface area contributed by atoms with Crippen molar-refractivity contribution in [1.82, 2.24) is 0 Å². The number of ether oxygens (including phenoxy) is 1. The fraction of sp³-hybridized carbons (Fsp3) is 0.133. The van der Waals surface area contributed by atoms with Gasteiger partial charge in [0.1, 0.15) is 11.8 Å². The zero-order valence-electron chi connectivity index (χ0n) is 11.0. The summed E-state index contributed by atoms with van der Waals surface area (Å²) in [4.78, 5) is 0. The number of rotatable bonds is 3. The molecule has 0 saturated carbocycles. The number of aryl methyl sites for hydroxylation is 1. The number of anilines is 2. The number of nitrogens with zero attached hydrogens (tertiary/aromatic N) is 1. The molecule has 0 amide bonds. The molecule has 0 unspecified atom stereocenters. The van der Waals surface area contributed by atoms with Gasteiger partial charge in [-0.2, -0.15) is 5.26 Å². The molecule has 21 heavy (non-hydrogen) atoms. The van der Waals surface area contributed by atoms with E-state index < -0.39 is 6.36 Å². The van der Waals surface area contributed by atoms with Crippen molar-refractivity contribution in [3.8, 4) is 11.8 Å². The second kappa shape index (κ2) is 5.75. The molecule has 0 aliphatic carbocycles. The molecule has 2 aromatic carbocycles. The minimum atomic E-state index is -4.74. The number of hydrogen-bond donors (Lipinski definition) is 1. The van der Waals surface area contributed by atoms with Crippen molar-refractivity contribution in [2.75, 3.05) is 5.32 Å². The van der Waals surface area contributed by atoms with Crippen LogP contribution in [-0.2, 0) is 0 Å². The molecule has 0 aliphatic heterocycles. The third-order valence-corrected chi connectivity index (χ3v) is 2.64. The van der Waals surface area contributed by atoms with E-state index in [-0.39, 0.29) is 5.75 Å². The first-order valence-corrected chi connectivity index (χ1v) is 6.01. The highest BCUT2D eigenvalue weighted by Gasteiger charge is 2.31. The fourth-order valence-corrected chi connectivity index (χ4v) is 1.79. The van der Waals surface area contributed by atoms with Gasteiger partial charge in [-0.1, -0.05) is 12.1 Å². The first-order chi connectivity index (χ1) is 9.87. The fourth-order valence-electron chi connectivity index (χ4n) is 1.79. The number of benzene rings is 2. The van der Waals surface area contributed by atoms with E-state index in [2.05, 4.69) is 10.1 Å². The predicted molar refractivity (Wildman–Crippen MR) is 72.3 cm³/mol. The van der Waals surface area contributed by atoms with Crippen LogP contribution in [0.1, 0.15) is 11.1 Å². The van der Waals surface area contributed by atoms with E-state index in [9.17, 15) is 13.2 Å². The lowest BCUT2D eigenvalue weighted by Gasteiger charge is -2.12. The molecule has 0 saturated heterocycles. The highest BCUT2D eigenvalue weighted by Crippen LogP contribution is 2.28. The SMILES string of the molecule is Cc1ccc(C#N)c(Nc2cccc(OC(F)(F)F)c2)c1. The molecule has 0 radical (unpaired) electrons. The van der Waals surface area contributed by atoms with E-state index >= 15 is 0 Å². The lowest BCUT2D eigenvalue weighted by molar-refractivity contribution is -0.274. The zero-order chi connectivity index (χ0) is 15.5. The van der Waals surface area contributed by atoms with Crippen molar-refractivity contribution in [2.45, 2.75) is 13.3 Å². The minimum absolute atomic E-state index is 0.321. The molecule has 0 aromatic heterocycles. The first-order valence-electron chi connectivity index (χ1n) is 6.01. The van der Waals surface area contributed by atoms with Crippen LogP contribution < -0.4 is 10.1 Å². The summed E-state index contributed by atoms with van der Waals surface area (Å²) in [5, 5.41) is 12.0. The maximum absolute atomic E-state index is 12.2. The third kappa shape index (κ3) is 4.14. The van der Waals surface area contributed by atoms with Gasteiger partial charge in [-0.25, -0.2) is 0 Å². The first kappa shape index (κ1) is 14.7. The monoisotopic (exact) mass is 292 g/mol. The van der Waals surface area contributed by atoms with Crippen LogP contribution in [0.5, 0.6) is 5.75 Å². The molecule has 0 heterocycles. The Bertz CT molecular complexity index is 690. The second-order valence-corrected chi connectivity index (χ2v) is 4.36. The van der Waals surface area contributed by atoms with Gasteiger partial charge in [0.15, 0.2) is 0 Å². The molecular weight excluding hydrogens is 281 g/mol. The Labute approximate surface area is 119 Å². The van der Waals surface area contributed by atoms with Gasteiger partial charge >= 0.3 is 6.36 Å². The lowest BCUT2D eigenvalue weighted by Crippen LogP contribution is -2.17. The van der Waals surface area contributed by atoms with Crippen LogP contribution in [-0.4, -0.2) is 6.36 Å². The zero-order valence-corrected chi connectivity index (χ0v) is 11.0. The maximum Gasteiger partial charge on any atom is 0.573 e. The van der Waals surface area contributed by atoms with E-state index in [1.54, 1.807) is 24.3 Å². The maximum atomic E-state index is 12.2. The standard InChI is InChI=1S/C15H11F3N2O/c1-10-5-6-11(9-19)14(7-10)20-12-3-2-4-13(8-12)21-15(16,17)18/h2-8,20H,1H3. The Morgan fingerprint density at radius 3 is 2.57 bits per heavy atom. The van der Waals surface area contributed by atoms with Crippen LogP contribution in [0.15, 0.2) is 42.5 Å². The smallest absolute Gasteiger partial charge is 0.406 e. The Balaban J connectivity index is 2.27. The summed E-state index contributed by atoms with van der Waals surface area (Å²) >= 11 is 0. The molecule has 6 heteroatoms. The molecule has 0 spiro atoms. The number of alkyl halides is 3. The lowest BCUT2D eigenvalue weighted by atomic mass is 10.1. The Morgan fingerprint density at radius 1 is 1.14 bits per heavy atom. The van der Waals surface area contributed by atoms with Crippen molar-refractivity contribution in [3.05, 3.63) is 53.6 Å². The summed E-state index contributed by atoms with van der Waals surface area (Å²) in [6.45, 7) is 1.86. The van der Waals surface area contributed by atoms with E-state index in [0.29, 0.717) is 16.9 Å². The average molecular weight is 292 g/mol. The van der Waals surface area contributed by atoms with E-state index in [4.69, 9.17) is 5.26 Å². The molecule has 1 N–H and O–H groups in total. The molecule has 108 valence electrons. The molecule has 2 aromatic rings. The molecule has 2 rings (SSSR count). The van der Waals surface area contributed by atoms with Gasteiger partial charge < -0.3 is 10.1 Å². The van der Waals surface area contributed by atoms with Gasteiger partial charge in [-0.15, -0.1) is 13.2 Å². The summed E-state index contributed by atoms with van der Waals surface area (Å²) in [5.74, 6) is -0.321. The second-order valence-electron chi connectivity index (χ2n) is 4.36. The van der Waals surface area contributed by atoms with E-state index in [0.717, 1.165) is 5.56 Å².